The summed E-state index contributed by atoms with van der Waals surface area (Å²) in [5.74, 6) is 1.31. The number of hydrogen-bond donors (Lipinski definition) is 0. The number of aliphatic imine (C=N–C) groups is 1. The first-order chi connectivity index (χ1) is 18.0. The maximum atomic E-state index is 13.3. The number of aryl methyl sites for hydroxylation is 1. The fourth-order valence-electron chi connectivity index (χ4n) is 3.73. The van der Waals surface area contributed by atoms with Crippen molar-refractivity contribution in [2.75, 3.05) is 13.2 Å². The average molecular weight is 580 g/mol. The van der Waals surface area contributed by atoms with E-state index >= 15 is 0 Å². The SMILES string of the molecule is CCCCN1C(=O)/C(=C\c2ccc(OCc3ccc(Br)cc3)c(OCC)c2)SC1=Nc1ccc(C)cc1. The number of nitrogens with zero attached hydrogens (tertiary/aromatic N) is 2. The molecule has 192 valence electrons. The minimum Gasteiger partial charge on any atom is -0.490 e. The lowest BCUT2D eigenvalue weighted by molar-refractivity contribution is -0.122. The summed E-state index contributed by atoms with van der Waals surface area (Å²) in [5.41, 5.74) is 3.96. The molecule has 0 N–H and O–H groups in total. The summed E-state index contributed by atoms with van der Waals surface area (Å²) in [6, 6.07) is 21.8. The highest BCUT2D eigenvalue weighted by Crippen LogP contribution is 2.36. The molecule has 3 aromatic carbocycles. The van der Waals surface area contributed by atoms with Gasteiger partial charge in [0.15, 0.2) is 16.7 Å². The number of rotatable bonds is 10. The quantitative estimate of drug-likeness (QED) is 0.228. The number of thioether (sulfide) groups is 1. The smallest absolute Gasteiger partial charge is 0.266 e. The minimum absolute atomic E-state index is 0.0159. The van der Waals surface area contributed by atoms with E-state index in [9.17, 15) is 4.79 Å². The summed E-state index contributed by atoms with van der Waals surface area (Å²) < 4.78 is 13.0. The number of carbonyl (C=O) groups is 1. The second-order valence-corrected chi connectivity index (χ2v) is 10.6. The summed E-state index contributed by atoms with van der Waals surface area (Å²) in [6.07, 6.45) is 3.83. The molecule has 0 bridgehead atoms. The molecule has 1 heterocycles. The van der Waals surface area contributed by atoms with Crippen LogP contribution in [0.4, 0.5) is 5.69 Å². The molecule has 0 atom stereocenters. The van der Waals surface area contributed by atoms with Crippen molar-refractivity contribution < 1.29 is 14.3 Å². The fourth-order valence-corrected chi connectivity index (χ4v) is 5.02. The highest BCUT2D eigenvalue weighted by molar-refractivity contribution is 9.10. The van der Waals surface area contributed by atoms with Gasteiger partial charge in [-0.2, -0.15) is 0 Å². The van der Waals surface area contributed by atoms with Crippen LogP contribution in [0.2, 0.25) is 0 Å². The molecule has 0 aromatic heterocycles. The van der Waals surface area contributed by atoms with E-state index in [4.69, 9.17) is 14.5 Å². The maximum Gasteiger partial charge on any atom is 0.266 e. The van der Waals surface area contributed by atoms with Crippen LogP contribution in [0.1, 0.15) is 43.4 Å². The lowest BCUT2D eigenvalue weighted by Gasteiger charge is -2.15. The van der Waals surface area contributed by atoms with E-state index in [0.29, 0.717) is 41.3 Å². The van der Waals surface area contributed by atoms with Gasteiger partial charge in [-0.1, -0.05) is 65.2 Å². The Labute approximate surface area is 231 Å². The van der Waals surface area contributed by atoms with Crippen LogP contribution in [0.5, 0.6) is 11.5 Å². The van der Waals surface area contributed by atoms with Gasteiger partial charge < -0.3 is 9.47 Å². The normalized spacial score (nSPS) is 15.6. The van der Waals surface area contributed by atoms with Crippen molar-refractivity contribution in [1.29, 1.82) is 0 Å². The molecule has 1 aliphatic rings. The monoisotopic (exact) mass is 578 g/mol. The first kappa shape index (κ1) is 27.0. The Bertz CT molecular complexity index is 1290. The highest BCUT2D eigenvalue weighted by Gasteiger charge is 2.33. The number of unbranched alkanes of at least 4 members (excludes halogenated alkanes) is 1. The minimum atomic E-state index is -0.0159. The van der Waals surface area contributed by atoms with E-state index in [2.05, 4.69) is 22.9 Å². The number of amides is 1. The van der Waals surface area contributed by atoms with Gasteiger partial charge in [0, 0.05) is 11.0 Å². The maximum absolute atomic E-state index is 13.3. The van der Waals surface area contributed by atoms with Crippen LogP contribution in [0, 0.1) is 6.92 Å². The standard InChI is InChI=1S/C30H31BrN2O3S/c1-4-6-17-33-29(34)28(37-30(33)32-25-14-7-21(3)8-15-25)19-23-11-16-26(27(18-23)35-5-2)36-20-22-9-12-24(31)13-10-22/h7-16,18-19H,4-6,17,20H2,1-3H3/b28-19+,32-30?. The highest BCUT2D eigenvalue weighted by atomic mass is 79.9. The lowest BCUT2D eigenvalue weighted by atomic mass is 10.1. The third-order valence-corrected chi connectivity index (χ3v) is 7.29. The molecule has 0 unspecified atom stereocenters. The van der Waals surface area contributed by atoms with Crippen LogP contribution < -0.4 is 9.47 Å². The fraction of sp³-hybridized carbons (Fsp3) is 0.267. The van der Waals surface area contributed by atoms with Gasteiger partial charge in [0.25, 0.3) is 5.91 Å². The predicted octanol–water partition coefficient (Wildman–Crippen LogP) is 8.14. The Morgan fingerprint density at radius 3 is 2.43 bits per heavy atom. The van der Waals surface area contributed by atoms with E-state index in [1.807, 2.05) is 86.7 Å². The van der Waals surface area contributed by atoms with Crippen molar-refractivity contribution in [2.24, 2.45) is 4.99 Å². The summed E-state index contributed by atoms with van der Waals surface area (Å²) in [4.78, 5) is 20.6. The molecule has 37 heavy (non-hydrogen) atoms. The van der Waals surface area contributed by atoms with Crippen LogP contribution in [-0.2, 0) is 11.4 Å². The van der Waals surface area contributed by atoms with Crippen molar-refractivity contribution in [1.82, 2.24) is 4.90 Å². The van der Waals surface area contributed by atoms with E-state index in [0.717, 1.165) is 34.1 Å². The Morgan fingerprint density at radius 2 is 1.73 bits per heavy atom. The van der Waals surface area contributed by atoms with Gasteiger partial charge in [0.2, 0.25) is 0 Å². The molecule has 0 spiro atoms. The Hall–Kier alpha value is -3.03. The average Bonchev–Trinajstić information content (AvgIpc) is 3.18. The number of amidine groups is 1. The molecule has 1 fully saturated rings. The summed E-state index contributed by atoms with van der Waals surface area (Å²) >= 11 is 4.87. The molecule has 0 aliphatic carbocycles. The molecule has 5 nitrogen and oxygen atoms in total. The van der Waals surface area contributed by atoms with Crippen molar-refractivity contribution in [3.8, 4) is 11.5 Å². The van der Waals surface area contributed by atoms with E-state index in [-0.39, 0.29) is 5.91 Å². The van der Waals surface area contributed by atoms with Gasteiger partial charge in [-0.3, -0.25) is 9.69 Å². The van der Waals surface area contributed by atoms with Gasteiger partial charge in [-0.25, -0.2) is 4.99 Å². The molecule has 7 heteroatoms. The van der Waals surface area contributed by atoms with Gasteiger partial charge in [0.05, 0.1) is 17.2 Å². The van der Waals surface area contributed by atoms with Gasteiger partial charge in [0.1, 0.15) is 6.61 Å². The van der Waals surface area contributed by atoms with Crippen molar-refractivity contribution in [3.05, 3.63) is 92.8 Å². The molecule has 1 aliphatic heterocycles. The van der Waals surface area contributed by atoms with E-state index < -0.39 is 0 Å². The van der Waals surface area contributed by atoms with Crippen LogP contribution in [0.15, 0.2) is 81.1 Å². The number of ether oxygens (including phenoxy) is 2. The zero-order valence-corrected chi connectivity index (χ0v) is 23.8. The molecule has 3 aromatic rings. The number of benzene rings is 3. The summed E-state index contributed by atoms with van der Waals surface area (Å²) in [5, 5.41) is 0.716. The predicted molar refractivity (Wildman–Crippen MR) is 157 cm³/mol. The molecule has 0 saturated carbocycles. The second kappa shape index (κ2) is 13.0. The number of hydrogen-bond acceptors (Lipinski definition) is 5. The molecular formula is C30H31BrN2O3S. The largest absolute Gasteiger partial charge is 0.490 e. The first-order valence-electron chi connectivity index (χ1n) is 12.5. The Balaban J connectivity index is 1.57. The first-order valence-corrected chi connectivity index (χ1v) is 14.1. The van der Waals surface area contributed by atoms with Crippen LogP contribution in [-0.4, -0.2) is 29.1 Å². The Kier molecular flexibility index (Phi) is 9.47. The summed E-state index contributed by atoms with van der Waals surface area (Å²) in [7, 11) is 0. The topological polar surface area (TPSA) is 51.1 Å². The van der Waals surface area contributed by atoms with Gasteiger partial charge >= 0.3 is 0 Å². The lowest BCUT2D eigenvalue weighted by Crippen LogP contribution is -2.30. The molecule has 4 rings (SSSR count). The summed E-state index contributed by atoms with van der Waals surface area (Å²) in [6.45, 7) is 7.72. The molecule has 1 saturated heterocycles. The Morgan fingerprint density at radius 1 is 0.973 bits per heavy atom. The van der Waals surface area contributed by atoms with Crippen molar-refractivity contribution in [3.63, 3.8) is 0 Å². The van der Waals surface area contributed by atoms with E-state index in [1.165, 1.54) is 17.3 Å². The van der Waals surface area contributed by atoms with E-state index in [1.54, 1.807) is 4.90 Å². The van der Waals surface area contributed by atoms with Crippen molar-refractivity contribution >= 4 is 50.5 Å². The third kappa shape index (κ3) is 7.27. The van der Waals surface area contributed by atoms with Gasteiger partial charge in [-0.15, -0.1) is 0 Å². The zero-order chi connectivity index (χ0) is 26.2. The third-order valence-electron chi connectivity index (χ3n) is 5.76. The molecule has 0 radical (unpaired) electrons. The zero-order valence-electron chi connectivity index (χ0n) is 21.4. The van der Waals surface area contributed by atoms with Crippen LogP contribution >= 0.6 is 27.7 Å². The number of carbonyl (C=O) groups excluding carboxylic acids is 1. The van der Waals surface area contributed by atoms with Gasteiger partial charge in [-0.05, 0) is 85.6 Å². The second-order valence-electron chi connectivity index (χ2n) is 8.71. The van der Waals surface area contributed by atoms with Crippen LogP contribution in [0.25, 0.3) is 6.08 Å². The van der Waals surface area contributed by atoms with Crippen molar-refractivity contribution in [2.45, 2.75) is 40.2 Å². The molecular weight excluding hydrogens is 548 g/mol. The number of halogens is 1. The van der Waals surface area contributed by atoms with Crippen LogP contribution in [0.3, 0.4) is 0 Å². The molecule has 1 amide bonds.